The molecule has 1 aromatic heterocycles. The van der Waals surface area contributed by atoms with E-state index < -0.39 is 29.5 Å². The average molecular weight is 415 g/mol. The van der Waals surface area contributed by atoms with Gasteiger partial charge in [-0.3, -0.25) is 14.6 Å². The quantitative estimate of drug-likeness (QED) is 0.730. The van der Waals surface area contributed by atoms with Crippen molar-refractivity contribution >= 4 is 17.5 Å². The van der Waals surface area contributed by atoms with Crippen LogP contribution in [0.25, 0.3) is 0 Å². The van der Waals surface area contributed by atoms with Crippen LogP contribution < -0.4 is 10.6 Å². The van der Waals surface area contributed by atoms with Crippen molar-refractivity contribution in [2.75, 3.05) is 5.32 Å². The first kappa shape index (κ1) is 20.1. The highest BCUT2D eigenvalue weighted by Crippen LogP contribution is 2.48. The Balaban J connectivity index is 1.47. The first-order chi connectivity index (χ1) is 14.3. The normalized spacial score (nSPS) is 24.6. The van der Waals surface area contributed by atoms with Crippen LogP contribution in [0.15, 0.2) is 60.9 Å². The molecule has 0 radical (unpaired) electrons. The number of rotatable bonds is 5. The van der Waals surface area contributed by atoms with Crippen molar-refractivity contribution in [3.8, 4) is 0 Å². The summed E-state index contributed by atoms with van der Waals surface area (Å²) >= 11 is 0. The highest BCUT2D eigenvalue weighted by atomic mass is 19.4. The maximum Gasteiger partial charge on any atom is 0.416 e. The molecule has 0 saturated heterocycles. The van der Waals surface area contributed by atoms with Gasteiger partial charge in [0.05, 0.1) is 17.4 Å². The number of allylic oxidation sites excluding steroid dienone is 2. The Morgan fingerprint density at radius 2 is 1.77 bits per heavy atom. The summed E-state index contributed by atoms with van der Waals surface area (Å²) in [7, 11) is 0. The van der Waals surface area contributed by atoms with Gasteiger partial charge in [-0.25, -0.2) is 0 Å². The van der Waals surface area contributed by atoms with Gasteiger partial charge in [0.25, 0.3) is 0 Å². The smallest absolute Gasteiger partial charge is 0.352 e. The second-order valence-corrected chi connectivity index (χ2v) is 7.65. The van der Waals surface area contributed by atoms with E-state index >= 15 is 0 Å². The van der Waals surface area contributed by atoms with E-state index in [0.717, 1.165) is 17.7 Å². The number of amides is 2. The third-order valence-electron chi connectivity index (χ3n) is 5.71. The van der Waals surface area contributed by atoms with E-state index in [2.05, 4.69) is 15.6 Å². The number of anilines is 1. The molecular weight excluding hydrogens is 395 g/mol. The van der Waals surface area contributed by atoms with Crippen molar-refractivity contribution in [3.63, 3.8) is 0 Å². The number of carbonyl (C=O) groups is 2. The Kier molecular flexibility index (Phi) is 5.32. The molecule has 8 heteroatoms. The molecule has 2 aromatic rings. The molecule has 0 unspecified atom stereocenters. The minimum atomic E-state index is -4.50. The second-order valence-electron chi connectivity index (χ2n) is 7.65. The van der Waals surface area contributed by atoms with Crippen molar-refractivity contribution in [2.45, 2.75) is 19.1 Å². The Morgan fingerprint density at radius 3 is 2.43 bits per heavy atom. The van der Waals surface area contributed by atoms with Crippen molar-refractivity contribution < 1.29 is 22.8 Å². The summed E-state index contributed by atoms with van der Waals surface area (Å²) in [6.07, 6.45) is 3.36. The lowest BCUT2D eigenvalue weighted by atomic mass is 9.81. The maximum absolute atomic E-state index is 12.9. The number of alkyl halides is 3. The van der Waals surface area contributed by atoms with Crippen LogP contribution in [0.2, 0.25) is 0 Å². The zero-order valence-corrected chi connectivity index (χ0v) is 15.9. The van der Waals surface area contributed by atoms with Crippen LogP contribution in [0.3, 0.4) is 0 Å². The summed E-state index contributed by atoms with van der Waals surface area (Å²) < 4.78 is 38.8. The van der Waals surface area contributed by atoms with Gasteiger partial charge in [-0.1, -0.05) is 24.3 Å². The zero-order valence-electron chi connectivity index (χ0n) is 15.9. The molecule has 2 amide bonds. The minimum absolute atomic E-state index is 0.0545. The molecule has 1 saturated carbocycles. The largest absolute Gasteiger partial charge is 0.416 e. The number of pyridine rings is 1. The summed E-state index contributed by atoms with van der Waals surface area (Å²) in [5.74, 6) is -2.00. The van der Waals surface area contributed by atoms with E-state index in [0.29, 0.717) is 13.0 Å². The molecule has 2 aliphatic carbocycles. The third kappa shape index (κ3) is 4.08. The lowest BCUT2D eigenvalue weighted by molar-refractivity contribution is -0.137. The van der Waals surface area contributed by atoms with E-state index in [-0.39, 0.29) is 23.4 Å². The highest BCUT2D eigenvalue weighted by Gasteiger charge is 2.51. The van der Waals surface area contributed by atoms with Crippen LogP contribution >= 0.6 is 0 Å². The molecular formula is C22H20F3N3O2. The van der Waals surface area contributed by atoms with Gasteiger partial charge in [0.2, 0.25) is 11.8 Å². The molecule has 0 aliphatic heterocycles. The first-order valence-electron chi connectivity index (χ1n) is 9.66. The van der Waals surface area contributed by atoms with Crippen LogP contribution in [0.1, 0.15) is 17.5 Å². The highest BCUT2D eigenvalue weighted by molar-refractivity contribution is 5.97. The fourth-order valence-electron chi connectivity index (χ4n) is 4.35. The molecule has 0 spiro atoms. The van der Waals surface area contributed by atoms with E-state index in [4.69, 9.17) is 0 Å². The molecule has 2 aliphatic rings. The third-order valence-corrected chi connectivity index (χ3v) is 5.71. The summed E-state index contributed by atoms with van der Waals surface area (Å²) in [6, 6.07) is 8.12. The van der Waals surface area contributed by atoms with Crippen LogP contribution in [0.5, 0.6) is 0 Å². The Hall–Kier alpha value is -3.16. The molecule has 2 N–H and O–H groups in total. The number of nitrogens with one attached hydrogen (secondary N) is 2. The fourth-order valence-corrected chi connectivity index (χ4v) is 4.35. The number of carbonyl (C=O) groups excluding carboxylic acids is 2. The molecule has 1 fully saturated rings. The van der Waals surface area contributed by atoms with Gasteiger partial charge in [0.1, 0.15) is 0 Å². The van der Waals surface area contributed by atoms with Crippen molar-refractivity contribution in [3.05, 3.63) is 72.1 Å². The lowest BCUT2D eigenvalue weighted by Gasteiger charge is -2.26. The van der Waals surface area contributed by atoms with E-state index in [1.807, 2.05) is 18.2 Å². The summed E-state index contributed by atoms with van der Waals surface area (Å²) in [5, 5.41) is 5.44. The average Bonchev–Trinajstić information content (AvgIpc) is 3.34. The number of fused-ring (bicyclic) bond motifs is 2. The van der Waals surface area contributed by atoms with Crippen LogP contribution in [-0.2, 0) is 22.3 Å². The lowest BCUT2D eigenvalue weighted by Crippen LogP contribution is -2.41. The maximum atomic E-state index is 12.9. The van der Waals surface area contributed by atoms with Crippen molar-refractivity contribution in [1.29, 1.82) is 0 Å². The number of aromatic nitrogens is 1. The van der Waals surface area contributed by atoms with Crippen molar-refractivity contribution in [2.24, 2.45) is 23.7 Å². The molecule has 1 aromatic carbocycles. The number of hydrogen-bond donors (Lipinski definition) is 2. The fraction of sp³-hybridized carbons (Fsp3) is 0.318. The first-order valence-corrected chi connectivity index (χ1v) is 9.66. The van der Waals surface area contributed by atoms with Gasteiger partial charge in [-0.05, 0) is 48.1 Å². The van der Waals surface area contributed by atoms with E-state index in [1.165, 1.54) is 12.1 Å². The monoisotopic (exact) mass is 415 g/mol. The van der Waals surface area contributed by atoms with Gasteiger partial charge in [-0.2, -0.15) is 13.2 Å². The van der Waals surface area contributed by atoms with Gasteiger partial charge < -0.3 is 10.6 Å². The van der Waals surface area contributed by atoms with Gasteiger partial charge >= 0.3 is 6.18 Å². The molecule has 1 heterocycles. The Morgan fingerprint density at radius 1 is 1.03 bits per heavy atom. The van der Waals surface area contributed by atoms with Gasteiger partial charge in [-0.15, -0.1) is 0 Å². The summed E-state index contributed by atoms with van der Waals surface area (Å²) in [6.45, 7) is 0.298. The SMILES string of the molecule is O=C(NCc1cccnc1)[C@@H]1[C@H](C(=O)Nc2cccc(C(F)(F)F)c2)[C@@H]2C=C[C@H]1C2. The summed E-state index contributed by atoms with van der Waals surface area (Å²) in [4.78, 5) is 29.8. The number of nitrogens with zero attached hydrogens (tertiary/aromatic N) is 1. The summed E-state index contributed by atoms with van der Waals surface area (Å²) in [5.41, 5.74) is 0.0736. The Labute approximate surface area is 171 Å². The van der Waals surface area contributed by atoms with Crippen LogP contribution in [-0.4, -0.2) is 16.8 Å². The molecule has 2 bridgehead atoms. The number of halogens is 3. The molecule has 4 atom stereocenters. The van der Waals surface area contributed by atoms with E-state index in [9.17, 15) is 22.8 Å². The second kappa shape index (κ2) is 7.93. The topological polar surface area (TPSA) is 71.1 Å². The Bertz CT molecular complexity index is 975. The molecule has 5 nitrogen and oxygen atoms in total. The molecule has 4 rings (SSSR count). The predicted octanol–water partition coefficient (Wildman–Crippen LogP) is 3.79. The zero-order chi connectivity index (χ0) is 21.3. The number of hydrogen-bond acceptors (Lipinski definition) is 3. The minimum Gasteiger partial charge on any atom is -0.352 e. The van der Waals surface area contributed by atoms with E-state index in [1.54, 1.807) is 18.5 Å². The standard InChI is InChI=1S/C22H20F3N3O2/c23-22(24,25)16-4-1-5-17(10-16)28-21(30)19-15-7-6-14(9-15)18(19)20(29)27-12-13-3-2-8-26-11-13/h1-8,10-11,14-15,18-19H,9,12H2,(H,27,29)(H,28,30)/t14-,15+,18-,19+/m0/s1. The van der Waals surface area contributed by atoms with Crippen LogP contribution in [0.4, 0.5) is 18.9 Å². The van der Waals surface area contributed by atoms with Crippen LogP contribution in [0, 0.1) is 23.7 Å². The van der Waals surface area contributed by atoms with Crippen molar-refractivity contribution in [1.82, 2.24) is 10.3 Å². The number of benzene rings is 1. The molecule has 30 heavy (non-hydrogen) atoms. The van der Waals surface area contributed by atoms with Gasteiger partial charge in [0.15, 0.2) is 0 Å². The predicted molar refractivity (Wildman–Crippen MR) is 104 cm³/mol. The van der Waals surface area contributed by atoms with Gasteiger partial charge in [0, 0.05) is 24.6 Å². The molecule has 156 valence electrons.